The Balaban J connectivity index is 2.30. The van der Waals surface area contributed by atoms with E-state index in [1.165, 1.54) is 0 Å². The molecule has 5 heteroatoms. The molecule has 1 aliphatic heterocycles. The molecule has 1 aliphatic rings. The van der Waals surface area contributed by atoms with Gasteiger partial charge in [-0.25, -0.2) is 0 Å². The van der Waals surface area contributed by atoms with E-state index in [0.717, 1.165) is 40.0 Å². The Labute approximate surface area is 105 Å². The molecule has 0 fully saturated rings. The highest BCUT2D eigenvalue weighted by atomic mass is 16.5. The summed E-state index contributed by atoms with van der Waals surface area (Å²) in [5.41, 5.74) is 6.69. The molecule has 2 aromatic rings. The molecule has 3 N–H and O–H groups in total. The van der Waals surface area contributed by atoms with E-state index in [9.17, 15) is 0 Å². The Bertz CT molecular complexity index is 598. The largest absolute Gasteiger partial charge is 0.497 e. The summed E-state index contributed by atoms with van der Waals surface area (Å²) in [6.45, 7) is 1.26. The fraction of sp³-hybridized carbons (Fsp3) is 0.308. The van der Waals surface area contributed by atoms with Gasteiger partial charge in [0.1, 0.15) is 5.75 Å². The summed E-state index contributed by atoms with van der Waals surface area (Å²) < 4.78 is 10.7. The van der Waals surface area contributed by atoms with E-state index in [4.69, 9.17) is 15.3 Å². The van der Waals surface area contributed by atoms with Crippen molar-refractivity contribution in [3.8, 4) is 5.75 Å². The second kappa shape index (κ2) is 4.44. The Morgan fingerprint density at radius 2 is 2.33 bits per heavy atom. The molecule has 2 heterocycles. The van der Waals surface area contributed by atoms with Gasteiger partial charge in [0.2, 0.25) is 0 Å². The molecular weight excluding hydrogens is 230 g/mol. The number of anilines is 1. The van der Waals surface area contributed by atoms with Crippen molar-refractivity contribution in [2.45, 2.75) is 13.0 Å². The van der Waals surface area contributed by atoms with Gasteiger partial charge in [-0.15, -0.1) is 0 Å². The molecule has 0 unspecified atom stereocenters. The van der Waals surface area contributed by atoms with E-state index in [1.807, 2.05) is 18.2 Å². The summed E-state index contributed by atoms with van der Waals surface area (Å²) in [4.78, 5) is 4.67. The number of nitrogens with zero attached hydrogens (tertiary/aromatic N) is 1. The van der Waals surface area contributed by atoms with E-state index < -0.39 is 0 Å². The maximum Gasteiger partial charge on any atom is 0.119 e. The molecule has 0 bridgehead atoms. The SMILES string of the molecule is COc1ccc2nc3c(c(NN)c2c1)COCC3. The third-order valence-electron chi connectivity index (χ3n) is 3.25. The number of hydrazine groups is 1. The van der Waals surface area contributed by atoms with Crippen molar-refractivity contribution in [1.29, 1.82) is 0 Å². The van der Waals surface area contributed by atoms with Crippen molar-refractivity contribution in [3.05, 3.63) is 29.5 Å². The first-order chi connectivity index (χ1) is 8.83. The normalized spacial score (nSPS) is 14.3. The molecule has 0 saturated carbocycles. The minimum atomic E-state index is 0.551. The highest BCUT2D eigenvalue weighted by Crippen LogP contribution is 2.32. The predicted octanol–water partition coefficient (Wildman–Crippen LogP) is 1.60. The number of rotatable bonds is 2. The molecule has 0 aliphatic carbocycles. The first-order valence-corrected chi connectivity index (χ1v) is 5.87. The quantitative estimate of drug-likeness (QED) is 0.621. The van der Waals surface area contributed by atoms with Gasteiger partial charge < -0.3 is 14.9 Å². The molecule has 0 spiro atoms. The van der Waals surface area contributed by atoms with Gasteiger partial charge >= 0.3 is 0 Å². The summed E-state index contributed by atoms with van der Waals surface area (Å²) in [6, 6.07) is 5.79. The van der Waals surface area contributed by atoms with E-state index in [1.54, 1.807) is 7.11 Å². The number of pyridine rings is 1. The first-order valence-electron chi connectivity index (χ1n) is 5.87. The minimum absolute atomic E-state index is 0.551. The molecule has 0 radical (unpaired) electrons. The average Bonchev–Trinajstić information content (AvgIpc) is 2.44. The number of methoxy groups -OCH3 is 1. The summed E-state index contributed by atoms with van der Waals surface area (Å²) >= 11 is 0. The van der Waals surface area contributed by atoms with E-state index >= 15 is 0 Å². The summed E-state index contributed by atoms with van der Waals surface area (Å²) in [7, 11) is 1.64. The molecule has 18 heavy (non-hydrogen) atoms. The zero-order valence-electron chi connectivity index (χ0n) is 10.2. The van der Waals surface area contributed by atoms with Crippen molar-refractivity contribution in [2.24, 2.45) is 5.84 Å². The zero-order chi connectivity index (χ0) is 12.5. The number of nitrogen functional groups attached to an aromatic ring is 1. The molecule has 0 amide bonds. The van der Waals surface area contributed by atoms with Crippen LogP contribution in [0, 0.1) is 0 Å². The Morgan fingerprint density at radius 3 is 3.11 bits per heavy atom. The lowest BCUT2D eigenvalue weighted by Gasteiger charge is -2.20. The van der Waals surface area contributed by atoms with Gasteiger partial charge in [0.05, 0.1) is 37.2 Å². The Hall–Kier alpha value is -1.85. The smallest absolute Gasteiger partial charge is 0.119 e. The lowest BCUT2D eigenvalue weighted by Crippen LogP contribution is -2.18. The molecule has 0 atom stereocenters. The number of fused-ring (bicyclic) bond motifs is 2. The van der Waals surface area contributed by atoms with Crippen molar-refractivity contribution in [2.75, 3.05) is 19.1 Å². The second-order valence-corrected chi connectivity index (χ2v) is 4.24. The summed E-state index contributed by atoms with van der Waals surface area (Å²) in [6.07, 6.45) is 0.825. The fourth-order valence-electron chi connectivity index (χ4n) is 2.33. The van der Waals surface area contributed by atoms with Gasteiger partial charge in [-0.3, -0.25) is 10.8 Å². The van der Waals surface area contributed by atoms with Crippen LogP contribution in [0.2, 0.25) is 0 Å². The molecule has 3 rings (SSSR count). The molecule has 5 nitrogen and oxygen atoms in total. The Morgan fingerprint density at radius 1 is 1.44 bits per heavy atom. The minimum Gasteiger partial charge on any atom is -0.497 e. The van der Waals surface area contributed by atoms with Crippen LogP contribution < -0.4 is 16.0 Å². The van der Waals surface area contributed by atoms with Gasteiger partial charge in [-0.1, -0.05) is 0 Å². The molecule has 1 aromatic carbocycles. The number of ether oxygens (including phenoxy) is 2. The zero-order valence-corrected chi connectivity index (χ0v) is 10.2. The topological polar surface area (TPSA) is 69.4 Å². The number of aromatic nitrogens is 1. The number of hydrogen-bond donors (Lipinski definition) is 2. The fourth-order valence-corrected chi connectivity index (χ4v) is 2.33. The summed E-state index contributed by atoms with van der Waals surface area (Å²) in [5.74, 6) is 6.45. The van der Waals surface area contributed by atoms with Crippen LogP contribution in [0.3, 0.4) is 0 Å². The molecule has 0 saturated heterocycles. The number of hydrogen-bond acceptors (Lipinski definition) is 5. The van der Waals surface area contributed by atoms with Crippen LogP contribution in [0.1, 0.15) is 11.3 Å². The monoisotopic (exact) mass is 245 g/mol. The van der Waals surface area contributed by atoms with Gasteiger partial charge in [0.25, 0.3) is 0 Å². The average molecular weight is 245 g/mol. The summed E-state index contributed by atoms with van der Waals surface area (Å²) in [5, 5.41) is 0.959. The van der Waals surface area contributed by atoms with Gasteiger partial charge in [0, 0.05) is 17.4 Å². The maximum atomic E-state index is 5.66. The van der Waals surface area contributed by atoms with Gasteiger partial charge in [0.15, 0.2) is 0 Å². The Kier molecular flexibility index (Phi) is 2.77. The third-order valence-corrected chi connectivity index (χ3v) is 3.25. The highest BCUT2D eigenvalue weighted by Gasteiger charge is 2.18. The number of benzene rings is 1. The molecule has 94 valence electrons. The molecule has 1 aromatic heterocycles. The van der Waals surface area contributed by atoms with Crippen molar-refractivity contribution < 1.29 is 9.47 Å². The lowest BCUT2D eigenvalue weighted by molar-refractivity contribution is 0.110. The van der Waals surface area contributed by atoms with Crippen LogP contribution in [-0.2, 0) is 17.8 Å². The van der Waals surface area contributed by atoms with Crippen molar-refractivity contribution in [3.63, 3.8) is 0 Å². The van der Waals surface area contributed by atoms with Crippen molar-refractivity contribution in [1.82, 2.24) is 4.98 Å². The standard InChI is InChI=1S/C13H15N3O2/c1-17-8-2-3-11-9(6-8)13(16-14)10-7-18-5-4-12(10)15-11/h2-3,6H,4-5,7,14H2,1H3,(H,15,16). The van der Waals surface area contributed by atoms with Crippen LogP contribution in [0.15, 0.2) is 18.2 Å². The molecular formula is C13H15N3O2. The van der Waals surface area contributed by atoms with Crippen LogP contribution in [-0.4, -0.2) is 18.7 Å². The number of nitrogens with two attached hydrogens (primary N) is 1. The van der Waals surface area contributed by atoms with Crippen molar-refractivity contribution >= 4 is 16.6 Å². The van der Waals surface area contributed by atoms with Crippen LogP contribution in [0.4, 0.5) is 5.69 Å². The van der Waals surface area contributed by atoms with Crippen LogP contribution in [0.5, 0.6) is 5.75 Å². The van der Waals surface area contributed by atoms with E-state index in [0.29, 0.717) is 13.2 Å². The second-order valence-electron chi connectivity index (χ2n) is 4.24. The predicted molar refractivity (Wildman–Crippen MR) is 69.5 cm³/mol. The number of nitrogens with one attached hydrogen (secondary N) is 1. The van der Waals surface area contributed by atoms with E-state index in [-0.39, 0.29) is 0 Å². The maximum absolute atomic E-state index is 5.66. The first kappa shape index (κ1) is 11.3. The van der Waals surface area contributed by atoms with Crippen LogP contribution >= 0.6 is 0 Å². The van der Waals surface area contributed by atoms with Gasteiger partial charge in [-0.2, -0.15) is 0 Å². The highest BCUT2D eigenvalue weighted by molar-refractivity contribution is 5.94. The van der Waals surface area contributed by atoms with E-state index in [2.05, 4.69) is 10.4 Å². The van der Waals surface area contributed by atoms with Gasteiger partial charge in [-0.05, 0) is 18.2 Å². The third kappa shape index (κ3) is 1.68. The lowest BCUT2D eigenvalue weighted by atomic mass is 10.0. The van der Waals surface area contributed by atoms with Crippen LogP contribution in [0.25, 0.3) is 10.9 Å².